The van der Waals surface area contributed by atoms with E-state index in [1.807, 2.05) is 13.8 Å². The monoisotopic (exact) mass is 300 g/mol. The largest absolute Gasteiger partial charge is 0.497 e. The average molecular weight is 300 g/mol. The highest BCUT2D eigenvalue weighted by Crippen LogP contribution is 2.18. The van der Waals surface area contributed by atoms with Gasteiger partial charge in [0.15, 0.2) is 6.61 Å². The standard InChI is InChI=1S/C17H20N2O3/c1-5-6-16-12(2)18-19(13(16)3)17(20)11-22-15-9-7-14(21-4)8-10-15/h5,7-10H,1,6,11H2,2-4H3. The topological polar surface area (TPSA) is 53.4 Å². The van der Waals surface area contributed by atoms with Crippen molar-refractivity contribution in [2.75, 3.05) is 13.7 Å². The van der Waals surface area contributed by atoms with Crippen LogP contribution in [0.15, 0.2) is 36.9 Å². The van der Waals surface area contributed by atoms with Crippen LogP contribution in [-0.2, 0) is 6.42 Å². The maximum absolute atomic E-state index is 12.3. The van der Waals surface area contributed by atoms with Crippen LogP contribution in [0, 0.1) is 13.8 Å². The van der Waals surface area contributed by atoms with E-state index >= 15 is 0 Å². The summed E-state index contributed by atoms with van der Waals surface area (Å²) in [7, 11) is 1.60. The molecule has 1 heterocycles. The van der Waals surface area contributed by atoms with Gasteiger partial charge in [-0.3, -0.25) is 4.79 Å². The lowest BCUT2D eigenvalue weighted by molar-refractivity contribution is 0.0818. The van der Waals surface area contributed by atoms with Crippen molar-refractivity contribution >= 4 is 5.91 Å². The minimum atomic E-state index is -0.202. The maximum atomic E-state index is 12.3. The molecule has 116 valence electrons. The summed E-state index contributed by atoms with van der Waals surface area (Å²) in [5.74, 6) is 1.15. The Labute approximate surface area is 130 Å². The highest BCUT2D eigenvalue weighted by Gasteiger charge is 2.16. The zero-order valence-electron chi connectivity index (χ0n) is 13.1. The molecule has 0 spiro atoms. The molecule has 0 aliphatic heterocycles. The SMILES string of the molecule is C=CCc1c(C)nn(C(=O)COc2ccc(OC)cc2)c1C. The van der Waals surface area contributed by atoms with Crippen LogP contribution < -0.4 is 9.47 Å². The number of benzene rings is 1. The second-order valence-corrected chi connectivity index (χ2v) is 4.91. The zero-order valence-corrected chi connectivity index (χ0v) is 13.1. The lowest BCUT2D eigenvalue weighted by Crippen LogP contribution is -2.21. The molecular weight excluding hydrogens is 280 g/mol. The number of aryl methyl sites for hydroxylation is 1. The third-order valence-corrected chi connectivity index (χ3v) is 3.45. The molecule has 5 nitrogen and oxygen atoms in total. The highest BCUT2D eigenvalue weighted by molar-refractivity contribution is 5.80. The summed E-state index contributed by atoms with van der Waals surface area (Å²) >= 11 is 0. The van der Waals surface area contributed by atoms with Crippen LogP contribution in [0.5, 0.6) is 11.5 Å². The van der Waals surface area contributed by atoms with Crippen molar-refractivity contribution in [1.29, 1.82) is 0 Å². The summed E-state index contributed by atoms with van der Waals surface area (Å²) in [4.78, 5) is 12.3. The van der Waals surface area contributed by atoms with Crippen molar-refractivity contribution in [2.45, 2.75) is 20.3 Å². The fourth-order valence-electron chi connectivity index (χ4n) is 2.24. The smallest absolute Gasteiger partial charge is 0.284 e. The number of rotatable bonds is 6. The number of carbonyl (C=O) groups is 1. The third kappa shape index (κ3) is 3.36. The summed E-state index contributed by atoms with van der Waals surface area (Å²) < 4.78 is 12.0. The van der Waals surface area contributed by atoms with Crippen LogP contribution in [0.1, 0.15) is 21.7 Å². The Bertz CT molecular complexity index is 672. The summed E-state index contributed by atoms with van der Waals surface area (Å²) in [6, 6.07) is 7.09. The van der Waals surface area contributed by atoms with Gasteiger partial charge in [-0.05, 0) is 44.5 Å². The van der Waals surface area contributed by atoms with Crippen LogP contribution in [-0.4, -0.2) is 29.4 Å². The van der Waals surface area contributed by atoms with Gasteiger partial charge in [0.2, 0.25) is 0 Å². The van der Waals surface area contributed by atoms with Gasteiger partial charge in [-0.1, -0.05) is 6.08 Å². The molecule has 0 fully saturated rings. The van der Waals surface area contributed by atoms with E-state index in [-0.39, 0.29) is 12.5 Å². The molecule has 0 aliphatic carbocycles. The second-order valence-electron chi connectivity index (χ2n) is 4.91. The third-order valence-electron chi connectivity index (χ3n) is 3.45. The average Bonchev–Trinajstić information content (AvgIpc) is 2.81. The first kappa shape index (κ1) is 15.8. The van der Waals surface area contributed by atoms with E-state index in [0.29, 0.717) is 12.2 Å². The highest BCUT2D eigenvalue weighted by atomic mass is 16.5. The van der Waals surface area contributed by atoms with Crippen molar-refractivity contribution in [3.05, 3.63) is 53.9 Å². The van der Waals surface area contributed by atoms with Gasteiger partial charge in [0, 0.05) is 11.3 Å². The fourth-order valence-corrected chi connectivity index (χ4v) is 2.24. The normalized spacial score (nSPS) is 10.3. The van der Waals surface area contributed by atoms with Gasteiger partial charge in [-0.25, -0.2) is 4.68 Å². The van der Waals surface area contributed by atoms with E-state index < -0.39 is 0 Å². The van der Waals surface area contributed by atoms with Crippen LogP contribution in [0.3, 0.4) is 0 Å². The molecule has 0 saturated carbocycles. The van der Waals surface area contributed by atoms with Crippen LogP contribution in [0.25, 0.3) is 0 Å². The van der Waals surface area contributed by atoms with E-state index in [1.54, 1.807) is 37.5 Å². The minimum absolute atomic E-state index is 0.0676. The molecule has 0 unspecified atom stereocenters. The number of aromatic nitrogens is 2. The molecule has 1 aromatic carbocycles. The Morgan fingerprint density at radius 3 is 2.50 bits per heavy atom. The van der Waals surface area contributed by atoms with E-state index in [2.05, 4.69) is 11.7 Å². The quantitative estimate of drug-likeness (QED) is 0.770. The molecule has 2 aromatic rings. The van der Waals surface area contributed by atoms with E-state index in [0.717, 1.165) is 22.7 Å². The first-order chi connectivity index (χ1) is 10.6. The predicted molar refractivity (Wildman–Crippen MR) is 84.7 cm³/mol. The van der Waals surface area contributed by atoms with E-state index in [4.69, 9.17) is 9.47 Å². The molecule has 0 amide bonds. The fraction of sp³-hybridized carbons (Fsp3) is 0.294. The lowest BCUT2D eigenvalue weighted by Gasteiger charge is -2.07. The minimum Gasteiger partial charge on any atom is -0.497 e. The summed E-state index contributed by atoms with van der Waals surface area (Å²) in [5.41, 5.74) is 2.71. The van der Waals surface area contributed by atoms with Gasteiger partial charge in [0.05, 0.1) is 12.8 Å². The molecule has 0 bridgehead atoms. The molecule has 1 aromatic heterocycles. The molecule has 5 heteroatoms. The number of allylic oxidation sites excluding steroid dienone is 1. The van der Waals surface area contributed by atoms with Crippen LogP contribution >= 0.6 is 0 Å². The Morgan fingerprint density at radius 1 is 1.27 bits per heavy atom. The Balaban J connectivity index is 2.05. The molecule has 0 saturated heterocycles. The Morgan fingerprint density at radius 2 is 1.91 bits per heavy atom. The second kappa shape index (κ2) is 6.93. The molecule has 2 rings (SSSR count). The van der Waals surface area contributed by atoms with Gasteiger partial charge in [-0.15, -0.1) is 6.58 Å². The van der Waals surface area contributed by atoms with E-state index in [1.165, 1.54) is 4.68 Å². The number of ether oxygens (including phenoxy) is 2. The summed E-state index contributed by atoms with van der Waals surface area (Å²) in [6.45, 7) is 7.43. The molecular formula is C17H20N2O3. The molecule has 0 radical (unpaired) electrons. The maximum Gasteiger partial charge on any atom is 0.284 e. The first-order valence-corrected chi connectivity index (χ1v) is 7.03. The summed E-state index contributed by atoms with van der Waals surface area (Å²) in [6.07, 6.45) is 2.50. The molecule has 22 heavy (non-hydrogen) atoms. The number of methoxy groups -OCH3 is 1. The van der Waals surface area contributed by atoms with Crippen molar-refractivity contribution in [3.8, 4) is 11.5 Å². The number of carbonyl (C=O) groups excluding carboxylic acids is 1. The van der Waals surface area contributed by atoms with Crippen molar-refractivity contribution in [2.24, 2.45) is 0 Å². The predicted octanol–water partition coefficient (Wildman–Crippen LogP) is 2.96. The molecule has 0 atom stereocenters. The lowest BCUT2D eigenvalue weighted by atomic mass is 10.1. The van der Waals surface area contributed by atoms with E-state index in [9.17, 15) is 4.79 Å². The van der Waals surface area contributed by atoms with Gasteiger partial charge in [0.1, 0.15) is 11.5 Å². The first-order valence-electron chi connectivity index (χ1n) is 7.03. The van der Waals surface area contributed by atoms with Crippen LogP contribution in [0.4, 0.5) is 0 Å². The van der Waals surface area contributed by atoms with Crippen molar-refractivity contribution in [1.82, 2.24) is 9.78 Å². The Hall–Kier alpha value is -2.56. The number of nitrogens with zero attached hydrogens (tertiary/aromatic N) is 2. The van der Waals surface area contributed by atoms with Gasteiger partial charge < -0.3 is 9.47 Å². The van der Waals surface area contributed by atoms with Crippen molar-refractivity contribution < 1.29 is 14.3 Å². The van der Waals surface area contributed by atoms with Gasteiger partial charge in [0.25, 0.3) is 5.91 Å². The summed E-state index contributed by atoms with van der Waals surface area (Å²) in [5, 5.41) is 4.29. The number of hydrogen-bond donors (Lipinski definition) is 0. The number of hydrogen-bond acceptors (Lipinski definition) is 4. The molecule has 0 aliphatic rings. The Kier molecular flexibility index (Phi) is 4.99. The van der Waals surface area contributed by atoms with Crippen molar-refractivity contribution in [3.63, 3.8) is 0 Å². The van der Waals surface area contributed by atoms with Crippen LogP contribution in [0.2, 0.25) is 0 Å². The molecule has 0 N–H and O–H groups in total. The zero-order chi connectivity index (χ0) is 16.1. The van der Waals surface area contributed by atoms with Gasteiger partial charge >= 0.3 is 0 Å². The van der Waals surface area contributed by atoms with Gasteiger partial charge in [-0.2, -0.15) is 5.10 Å².